The summed E-state index contributed by atoms with van der Waals surface area (Å²) in [6.07, 6.45) is 1.15. The summed E-state index contributed by atoms with van der Waals surface area (Å²) in [5, 5.41) is 5.01. The number of rotatable bonds is 8. The van der Waals surface area contributed by atoms with Crippen LogP contribution < -0.4 is 16.4 Å². The second-order valence-corrected chi connectivity index (χ2v) is 5.35. The lowest BCUT2D eigenvalue weighted by Crippen LogP contribution is -2.36. The van der Waals surface area contributed by atoms with E-state index in [0.29, 0.717) is 13.2 Å². The minimum absolute atomic E-state index is 0.0397. The highest BCUT2D eigenvalue weighted by Crippen LogP contribution is 2.24. The first-order chi connectivity index (χ1) is 11.9. The molecule has 0 fully saturated rings. The zero-order chi connectivity index (χ0) is 18.4. The maximum Gasteiger partial charge on any atom is 0.307 e. The van der Waals surface area contributed by atoms with Crippen LogP contribution in [0.4, 0.5) is 5.82 Å². The highest BCUT2D eigenvalue weighted by atomic mass is 16.5. The number of aromatic nitrogens is 2. The summed E-state index contributed by atoms with van der Waals surface area (Å²) in [5.41, 5.74) is 5.13. The minimum atomic E-state index is -0.758. The molecule has 1 aromatic heterocycles. The second-order valence-electron chi connectivity index (χ2n) is 5.35. The lowest BCUT2D eigenvalue weighted by atomic mass is 10.0. The molecule has 3 amide bonds. The minimum Gasteiger partial charge on any atom is -0.456 e. The summed E-state index contributed by atoms with van der Waals surface area (Å²) < 4.78 is 11.1. The van der Waals surface area contributed by atoms with E-state index in [1.807, 2.05) is 0 Å². The summed E-state index contributed by atoms with van der Waals surface area (Å²) >= 11 is 0. The van der Waals surface area contributed by atoms with Crippen LogP contribution in [0.3, 0.4) is 0 Å². The molecule has 1 atom stereocenters. The quantitative estimate of drug-likeness (QED) is 0.369. The van der Waals surface area contributed by atoms with Crippen LogP contribution >= 0.6 is 0 Å². The number of nitrogens with zero attached hydrogens (tertiary/aromatic N) is 2. The van der Waals surface area contributed by atoms with Crippen molar-refractivity contribution >= 4 is 29.5 Å². The largest absolute Gasteiger partial charge is 0.456 e. The molecular formula is C14H19N5O6. The summed E-state index contributed by atoms with van der Waals surface area (Å²) in [5.74, 6) is -2.84. The van der Waals surface area contributed by atoms with E-state index in [2.05, 4.69) is 15.6 Å². The Labute approximate surface area is 142 Å². The number of hydrogen-bond acceptors (Lipinski definition) is 7. The van der Waals surface area contributed by atoms with E-state index in [4.69, 9.17) is 15.2 Å². The van der Waals surface area contributed by atoms with Crippen LogP contribution in [-0.2, 0) is 30.4 Å². The molecule has 1 aliphatic rings. The van der Waals surface area contributed by atoms with E-state index < -0.39 is 36.2 Å². The number of methoxy groups -OCH3 is 1. The van der Waals surface area contributed by atoms with Gasteiger partial charge in [-0.2, -0.15) is 0 Å². The lowest BCUT2D eigenvalue weighted by molar-refractivity contribution is -0.150. The Morgan fingerprint density at radius 3 is 2.92 bits per heavy atom. The molecule has 0 saturated carbocycles. The van der Waals surface area contributed by atoms with Gasteiger partial charge in [-0.05, 0) is 0 Å². The van der Waals surface area contributed by atoms with Gasteiger partial charge >= 0.3 is 5.97 Å². The summed E-state index contributed by atoms with van der Waals surface area (Å²) in [7, 11) is 1.50. The molecule has 0 aromatic carbocycles. The molecule has 1 aromatic rings. The predicted octanol–water partition coefficient (Wildman–Crippen LogP) is -1.75. The number of anilines is 1. The van der Waals surface area contributed by atoms with Gasteiger partial charge in [0.2, 0.25) is 5.91 Å². The molecule has 0 bridgehead atoms. The summed E-state index contributed by atoms with van der Waals surface area (Å²) in [6, 6.07) is 0. The van der Waals surface area contributed by atoms with Gasteiger partial charge in [-0.25, -0.2) is 4.98 Å². The third-order valence-electron chi connectivity index (χ3n) is 3.51. The van der Waals surface area contributed by atoms with Gasteiger partial charge in [-0.1, -0.05) is 0 Å². The van der Waals surface area contributed by atoms with Crippen molar-refractivity contribution in [2.24, 2.45) is 11.7 Å². The van der Waals surface area contributed by atoms with Crippen LogP contribution in [0.1, 0.15) is 16.9 Å². The molecule has 0 radical (unpaired) electrons. The number of primary amides is 1. The van der Waals surface area contributed by atoms with Crippen LogP contribution in [0, 0.1) is 5.92 Å². The average molecular weight is 353 g/mol. The van der Waals surface area contributed by atoms with Crippen LogP contribution in [0.15, 0.2) is 6.33 Å². The number of carbonyl (C=O) groups excluding carboxylic acids is 4. The molecule has 4 N–H and O–H groups in total. The number of ether oxygens (including phenoxy) is 2. The molecule has 0 saturated heterocycles. The molecule has 2 heterocycles. The first kappa shape index (κ1) is 18.4. The molecule has 136 valence electrons. The maximum atomic E-state index is 12.1. The number of nitrogens with two attached hydrogens (primary N) is 1. The Morgan fingerprint density at radius 2 is 2.24 bits per heavy atom. The SMILES string of the molecule is COCCNC(=O)COC(=O)CC1Cn2cnc(C(N)=O)c2NC1=O. The van der Waals surface area contributed by atoms with Gasteiger partial charge in [0.05, 0.1) is 25.3 Å². The van der Waals surface area contributed by atoms with Crippen molar-refractivity contribution < 1.29 is 28.7 Å². The van der Waals surface area contributed by atoms with Gasteiger partial charge in [0.1, 0.15) is 5.82 Å². The molecule has 0 spiro atoms. The zero-order valence-corrected chi connectivity index (χ0v) is 13.6. The molecular weight excluding hydrogens is 334 g/mol. The fraction of sp³-hybridized carbons (Fsp3) is 0.500. The van der Waals surface area contributed by atoms with Gasteiger partial charge in [-0.3, -0.25) is 19.2 Å². The number of nitrogens with one attached hydrogen (secondary N) is 2. The second kappa shape index (κ2) is 8.24. The lowest BCUT2D eigenvalue weighted by Gasteiger charge is -2.23. The number of carbonyl (C=O) groups is 4. The number of fused-ring (bicyclic) bond motifs is 1. The van der Waals surface area contributed by atoms with Crippen molar-refractivity contribution in [2.75, 3.05) is 32.2 Å². The average Bonchev–Trinajstić information content (AvgIpc) is 2.96. The van der Waals surface area contributed by atoms with Gasteiger partial charge in [0.25, 0.3) is 11.8 Å². The van der Waals surface area contributed by atoms with E-state index in [1.54, 1.807) is 0 Å². The predicted molar refractivity (Wildman–Crippen MR) is 83.3 cm³/mol. The van der Waals surface area contributed by atoms with Crippen molar-refractivity contribution in [2.45, 2.75) is 13.0 Å². The molecule has 1 aliphatic heterocycles. The fourth-order valence-electron chi connectivity index (χ4n) is 2.28. The van der Waals surface area contributed by atoms with Crippen LogP contribution in [0.2, 0.25) is 0 Å². The van der Waals surface area contributed by atoms with E-state index in [1.165, 1.54) is 18.0 Å². The number of amides is 3. The standard InChI is InChI=1S/C14H19N5O6/c1-24-3-2-16-9(20)6-25-10(21)4-8-5-19-7-17-11(12(15)22)13(19)18-14(8)23/h7-8H,2-6H2,1H3,(H2,15,22)(H,16,20)(H,18,23). The number of hydrogen-bond donors (Lipinski definition) is 3. The molecule has 11 heteroatoms. The molecule has 11 nitrogen and oxygen atoms in total. The first-order valence-electron chi connectivity index (χ1n) is 7.49. The smallest absolute Gasteiger partial charge is 0.307 e. The van der Waals surface area contributed by atoms with Crippen molar-refractivity contribution in [3.63, 3.8) is 0 Å². The molecule has 25 heavy (non-hydrogen) atoms. The van der Waals surface area contributed by atoms with E-state index >= 15 is 0 Å². The Bertz CT molecular complexity index is 685. The summed E-state index contributed by atoms with van der Waals surface area (Å²) in [6.45, 7) is 0.377. The Balaban J connectivity index is 1.84. The van der Waals surface area contributed by atoms with Gasteiger partial charge in [0, 0.05) is 20.2 Å². The fourth-order valence-corrected chi connectivity index (χ4v) is 2.28. The molecule has 2 rings (SSSR count). The maximum absolute atomic E-state index is 12.1. The van der Waals surface area contributed by atoms with Gasteiger partial charge < -0.3 is 30.4 Å². The first-order valence-corrected chi connectivity index (χ1v) is 7.49. The highest BCUT2D eigenvalue weighted by molar-refractivity contribution is 6.02. The Kier molecular flexibility index (Phi) is 6.06. The van der Waals surface area contributed by atoms with E-state index in [9.17, 15) is 19.2 Å². The van der Waals surface area contributed by atoms with Gasteiger partial charge in [0.15, 0.2) is 12.3 Å². The normalized spacial score (nSPS) is 15.9. The van der Waals surface area contributed by atoms with E-state index in [-0.39, 0.29) is 24.5 Å². The Hall–Kier alpha value is -2.95. The third kappa shape index (κ3) is 4.76. The van der Waals surface area contributed by atoms with Crippen molar-refractivity contribution in [1.82, 2.24) is 14.9 Å². The van der Waals surface area contributed by atoms with Gasteiger partial charge in [-0.15, -0.1) is 0 Å². The molecule has 0 aliphatic carbocycles. The van der Waals surface area contributed by atoms with Crippen LogP contribution in [-0.4, -0.2) is 60.1 Å². The monoisotopic (exact) mass is 353 g/mol. The molecule has 1 unspecified atom stereocenters. The Morgan fingerprint density at radius 1 is 1.48 bits per heavy atom. The number of esters is 1. The topological polar surface area (TPSA) is 155 Å². The highest BCUT2D eigenvalue weighted by Gasteiger charge is 2.31. The van der Waals surface area contributed by atoms with Crippen LogP contribution in [0.25, 0.3) is 0 Å². The van der Waals surface area contributed by atoms with Crippen LogP contribution in [0.5, 0.6) is 0 Å². The zero-order valence-electron chi connectivity index (χ0n) is 13.6. The van der Waals surface area contributed by atoms with E-state index in [0.717, 1.165) is 0 Å². The third-order valence-corrected chi connectivity index (χ3v) is 3.51. The van der Waals surface area contributed by atoms with Crippen molar-refractivity contribution in [1.29, 1.82) is 0 Å². The number of imidazole rings is 1. The van der Waals surface area contributed by atoms with Crippen molar-refractivity contribution in [3.8, 4) is 0 Å². The van der Waals surface area contributed by atoms with Crippen molar-refractivity contribution in [3.05, 3.63) is 12.0 Å². The summed E-state index contributed by atoms with van der Waals surface area (Å²) in [4.78, 5) is 50.4.